The largest absolute Gasteiger partial charge is 0.456 e. The van der Waals surface area contributed by atoms with E-state index in [1.807, 2.05) is 48.5 Å². The van der Waals surface area contributed by atoms with Gasteiger partial charge < -0.3 is 13.4 Å². The summed E-state index contributed by atoms with van der Waals surface area (Å²) in [4.78, 5) is 16.1. The summed E-state index contributed by atoms with van der Waals surface area (Å²) in [6.07, 6.45) is 0. The van der Waals surface area contributed by atoms with Crippen molar-refractivity contribution in [1.29, 1.82) is 0 Å². The maximum absolute atomic E-state index is 6.42. The summed E-state index contributed by atoms with van der Waals surface area (Å²) >= 11 is 0. The lowest BCUT2D eigenvalue weighted by atomic mass is 9.95. The molecule has 0 aliphatic rings. The van der Waals surface area contributed by atoms with E-state index in [1.165, 1.54) is 10.8 Å². The van der Waals surface area contributed by atoms with Gasteiger partial charge in [-0.3, -0.25) is 4.57 Å². The van der Waals surface area contributed by atoms with Gasteiger partial charge in [-0.25, -0.2) is 4.98 Å². The summed E-state index contributed by atoms with van der Waals surface area (Å²) in [5, 5.41) is 8.93. The molecular formula is C69H41N5O2. The molecular weight excluding hydrogens is 931 g/mol. The molecule has 0 saturated carbocycles. The molecule has 0 saturated heterocycles. The number of aromatic nitrogens is 5. The van der Waals surface area contributed by atoms with Gasteiger partial charge in [-0.05, 0) is 107 Å². The fourth-order valence-electron chi connectivity index (χ4n) is 11.7. The van der Waals surface area contributed by atoms with Crippen LogP contribution in [0.5, 0.6) is 0 Å². The molecule has 5 aromatic heterocycles. The highest BCUT2D eigenvalue weighted by Crippen LogP contribution is 2.42. The van der Waals surface area contributed by atoms with Crippen LogP contribution in [0.1, 0.15) is 0 Å². The summed E-state index contributed by atoms with van der Waals surface area (Å²) in [7, 11) is 0. The van der Waals surface area contributed by atoms with Crippen LogP contribution in [0.2, 0.25) is 0 Å². The molecule has 0 N–H and O–H groups in total. The quantitative estimate of drug-likeness (QED) is 0.159. The van der Waals surface area contributed by atoms with Crippen LogP contribution in [0, 0.1) is 0 Å². The minimum absolute atomic E-state index is 0.511. The number of hydrogen-bond donors (Lipinski definition) is 0. The molecule has 0 amide bonds. The second kappa shape index (κ2) is 16.6. The van der Waals surface area contributed by atoms with E-state index in [-0.39, 0.29) is 0 Å². The van der Waals surface area contributed by atoms with Crippen LogP contribution in [0.4, 0.5) is 0 Å². The zero-order valence-electron chi connectivity index (χ0n) is 40.7. The first-order valence-corrected chi connectivity index (χ1v) is 25.6. The summed E-state index contributed by atoms with van der Waals surface area (Å²) in [5.74, 6) is 1.63. The van der Waals surface area contributed by atoms with Gasteiger partial charge in [0, 0.05) is 65.5 Å². The van der Waals surface area contributed by atoms with Gasteiger partial charge in [0.15, 0.2) is 11.6 Å². The molecule has 5 heterocycles. The van der Waals surface area contributed by atoms with E-state index in [4.69, 9.17) is 23.8 Å². The number of hydrogen-bond acceptors (Lipinski definition) is 5. The maximum atomic E-state index is 6.42. The second-order valence-electron chi connectivity index (χ2n) is 19.5. The second-order valence-corrected chi connectivity index (χ2v) is 19.5. The van der Waals surface area contributed by atoms with Gasteiger partial charge in [0.25, 0.3) is 0 Å². The minimum atomic E-state index is 0.511. The van der Waals surface area contributed by atoms with E-state index in [0.717, 1.165) is 127 Å². The smallest absolute Gasteiger partial charge is 0.238 e. The van der Waals surface area contributed by atoms with Crippen molar-refractivity contribution in [2.24, 2.45) is 0 Å². The van der Waals surface area contributed by atoms with Crippen molar-refractivity contribution in [3.8, 4) is 67.8 Å². The minimum Gasteiger partial charge on any atom is -0.456 e. The molecule has 7 nitrogen and oxygen atoms in total. The molecule has 0 spiro atoms. The molecule has 0 bridgehead atoms. The summed E-state index contributed by atoms with van der Waals surface area (Å²) in [6.45, 7) is 0. The predicted octanol–water partition coefficient (Wildman–Crippen LogP) is 18.2. The average Bonchev–Trinajstić information content (AvgIpc) is 4.25. The van der Waals surface area contributed by atoms with Crippen molar-refractivity contribution in [3.63, 3.8) is 0 Å². The highest BCUT2D eigenvalue weighted by Gasteiger charge is 2.23. The number of para-hydroxylation sites is 5. The van der Waals surface area contributed by atoms with Crippen LogP contribution in [-0.2, 0) is 0 Å². The zero-order chi connectivity index (χ0) is 49.8. The van der Waals surface area contributed by atoms with Crippen molar-refractivity contribution in [3.05, 3.63) is 249 Å². The Kier molecular flexibility index (Phi) is 9.20. The predicted molar refractivity (Wildman–Crippen MR) is 310 cm³/mol. The molecule has 7 heteroatoms. The van der Waals surface area contributed by atoms with E-state index in [2.05, 4.69) is 209 Å². The Morgan fingerprint density at radius 2 is 0.776 bits per heavy atom. The molecule has 0 atom stereocenters. The monoisotopic (exact) mass is 971 g/mol. The molecule has 16 aromatic rings. The summed E-state index contributed by atoms with van der Waals surface area (Å²) < 4.78 is 17.2. The van der Waals surface area contributed by atoms with Gasteiger partial charge in [0.05, 0.1) is 22.1 Å². The standard InChI is InChI=1S/C69H41N5O2/c1-2-15-42(16-3-1)67-70-68(48-31-34-55-53-23-6-10-29-62(53)76-65(55)40-48)72-69(71-67)74-61-35-33-49(73-59-27-8-4-21-51(59)52-22-5-9-28-60(52)73)41-57(61)56-26-14-25-50(66(56)74)47-20-13-19-45(38-47)43-17-12-18-44(37-43)46-32-36-64-58(39-46)54-24-7-11-30-63(54)75-64/h1-41H. The first kappa shape index (κ1) is 42.2. The van der Waals surface area contributed by atoms with Crippen molar-refractivity contribution < 1.29 is 8.83 Å². The Balaban J connectivity index is 0.915. The molecule has 354 valence electrons. The number of furan rings is 2. The van der Waals surface area contributed by atoms with Gasteiger partial charge in [0.1, 0.15) is 22.3 Å². The van der Waals surface area contributed by atoms with Crippen LogP contribution in [0.3, 0.4) is 0 Å². The molecule has 0 unspecified atom stereocenters. The number of fused-ring (bicyclic) bond motifs is 12. The van der Waals surface area contributed by atoms with E-state index in [0.29, 0.717) is 17.6 Å². The van der Waals surface area contributed by atoms with E-state index < -0.39 is 0 Å². The Labute approximate surface area is 434 Å². The topological polar surface area (TPSA) is 74.8 Å². The third kappa shape index (κ3) is 6.59. The lowest BCUT2D eigenvalue weighted by Gasteiger charge is -2.14. The third-order valence-electron chi connectivity index (χ3n) is 15.2. The van der Waals surface area contributed by atoms with E-state index >= 15 is 0 Å². The van der Waals surface area contributed by atoms with Gasteiger partial charge in [-0.15, -0.1) is 0 Å². The van der Waals surface area contributed by atoms with Crippen LogP contribution in [0.25, 0.3) is 155 Å². The Hall–Kier alpha value is -10.4. The van der Waals surface area contributed by atoms with E-state index in [1.54, 1.807) is 0 Å². The molecule has 16 rings (SSSR count). The fraction of sp³-hybridized carbons (Fsp3) is 0. The lowest BCUT2D eigenvalue weighted by molar-refractivity contribution is 0.668. The van der Waals surface area contributed by atoms with Gasteiger partial charge >= 0.3 is 0 Å². The molecule has 0 aliphatic carbocycles. The Morgan fingerprint density at radius 3 is 1.51 bits per heavy atom. The van der Waals surface area contributed by atoms with Crippen LogP contribution in [0.15, 0.2) is 258 Å². The van der Waals surface area contributed by atoms with Crippen molar-refractivity contribution in [2.75, 3.05) is 0 Å². The third-order valence-corrected chi connectivity index (χ3v) is 15.2. The fourth-order valence-corrected chi connectivity index (χ4v) is 11.7. The maximum Gasteiger partial charge on any atom is 0.238 e. The normalized spacial score (nSPS) is 11.9. The van der Waals surface area contributed by atoms with Crippen LogP contribution < -0.4 is 0 Å². The number of benzene rings is 11. The molecule has 11 aromatic carbocycles. The first-order chi connectivity index (χ1) is 37.6. The average molecular weight is 972 g/mol. The molecule has 0 radical (unpaired) electrons. The van der Waals surface area contributed by atoms with Crippen molar-refractivity contribution >= 4 is 87.5 Å². The molecule has 0 aliphatic heterocycles. The van der Waals surface area contributed by atoms with Crippen molar-refractivity contribution in [2.45, 2.75) is 0 Å². The first-order valence-electron chi connectivity index (χ1n) is 25.6. The summed E-state index contributed by atoms with van der Waals surface area (Å²) in [5.41, 5.74) is 17.1. The highest BCUT2D eigenvalue weighted by atomic mass is 16.3. The summed E-state index contributed by atoms with van der Waals surface area (Å²) in [6, 6.07) is 87.7. The van der Waals surface area contributed by atoms with Crippen LogP contribution >= 0.6 is 0 Å². The Morgan fingerprint density at radius 1 is 0.263 bits per heavy atom. The van der Waals surface area contributed by atoms with Gasteiger partial charge in [-0.2, -0.15) is 9.97 Å². The highest BCUT2D eigenvalue weighted by molar-refractivity contribution is 6.15. The SMILES string of the molecule is c1ccc(-c2nc(-c3ccc4c(c3)oc3ccccc34)nc(-n3c4ccc(-n5c6ccccc6c6ccccc65)cc4c4cccc(-c5cccc(-c6cccc(-c7ccc8oc9ccccc9c8c7)c6)c5)c43)n2)cc1. The van der Waals surface area contributed by atoms with Crippen molar-refractivity contribution in [1.82, 2.24) is 24.1 Å². The number of nitrogens with zero attached hydrogens (tertiary/aromatic N) is 5. The zero-order valence-corrected chi connectivity index (χ0v) is 40.7. The number of rotatable bonds is 7. The lowest BCUT2D eigenvalue weighted by Crippen LogP contribution is -2.07. The molecule has 76 heavy (non-hydrogen) atoms. The Bertz CT molecular complexity index is 4970. The van der Waals surface area contributed by atoms with E-state index in [9.17, 15) is 0 Å². The van der Waals surface area contributed by atoms with Gasteiger partial charge in [0.2, 0.25) is 5.95 Å². The molecule has 0 fully saturated rings. The van der Waals surface area contributed by atoms with Crippen LogP contribution in [-0.4, -0.2) is 24.1 Å². The van der Waals surface area contributed by atoms with Gasteiger partial charge in [-0.1, -0.05) is 170 Å².